The summed E-state index contributed by atoms with van der Waals surface area (Å²) < 4.78 is 4.76. The maximum atomic E-state index is 13.1. The number of nitrogens with zero attached hydrogens (tertiary/aromatic N) is 1. The summed E-state index contributed by atoms with van der Waals surface area (Å²) in [6.45, 7) is 1.86. The highest BCUT2D eigenvalue weighted by Gasteiger charge is 2.56. The summed E-state index contributed by atoms with van der Waals surface area (Å²) in [4.78, 5) is 39.0. The largest absolute Gasteiger partial charge is 0.465 e. The molecule has 2 fully saturated rings. The fourth-order valence-electron chi connectivity index (χ4n) is 4.05. The average molecular weight is 410 g/mol. The molecule has 1 N–H and O–H groups in total. The standard InChI is InChI=1S/C22H22N2O4S/c1-14-8-9-15(21(27)28-2)12-17(14)23-20(26)18-13-29-22(11-10-19(25)24(18)22)16-6-4-3-5-7-16/h3-9,12,18H,10-11,13H2,1-2H3,(H,23,26)/t18-,22+/m1/s1. The lowest BCUT2D eigenvalue weighted by Gasteiger charge is -2.34. The van der Waals surface area contributed by atoms with Crippen molar-refractivity contribution in [2.75, 3.05) is 18.2 Å². The summed E-state index contributed by atoms with van der Waals surface area (Å²) in [5.74, 6) is -0.174. The first-order chi connectivity index (χ1) is 14.0. The monoisotopic (exact) mass is 410 g/mol. The highest BCUT2D eigenvalue weighted by molar-refractivity contribution is 8.00. The molecule has 2 aliphatic heterocycles. The number of amides is 2. The van der Waals surface area contributed by atoms with Crippen LogP contribution in [0, 0.1) is 6.92 Å². The predicted molar refractivity (Wildman–Crippen MR) is 112 cm³/mol. The van der Waals surface area contributed by atoms with Gasteiger partial charge in [0.05, 0.1) is 12.7 Å². The van der Waals surface area contributed by atoms with Crippen molar-refractivity contribution in [1.29, 1.82) is 0 Å². The van der Waals surface area contributed by atoms with Gasteiger partial charge in [-0.3, -0.25) is 9.59 Å². The minimum absolute atomic E-state index is 0.000892. The van der Waals surface area contributed by atoms with E-state index in [0.29, 0.717) is 29.8 Å². The van der Waals surface area contributed by atoms with Crippen molar-refractivity contribution in [2.24, 2.45) is 0 Å². The molecule has 0 bridgehead atoms. The number of thioether (sulfide) groups is 1. The van der Waals surface area contributed by atoms with Gasteiger partial charge < -0.3 is 15.0 Å². The van der Waals surface area contributed by atoms with Gasteiger partial charge >= 0.3 is 5.97 Å². The van der Waals surface area contributed by atoms with Crippen molar-refractivity contribution in [2.45, 2.75) is 30.7 Å². The Morgan fingerprint density at radius 1 is 1.21 bits per heavy atom. The van der Waals surface area contributed by atoms with E-state index in [-0.39, 0.29) is 11.8 Å². The molecule has 2 saturated heterocycles. The number of hydrogen-bond acceptors (Lipinski definition) is 5. The summed E-state index contributed by atoms with van der Waals surface area (Å²) in [6.07, 6.45) is 1.13. The van der Waals surface area contributed by atoms with Crippen LogP contribution < -0.4 is 5.32 Å². The van der Waals surface area contributed by atoms with Gasteiger partial charge in [-0.2, -0.15) is 0 Å². The SMILES string of the molecule is COC(=O)c1ccc(C)c(NC(=O)[C@H]2CS[C@]3(c4ccccc4)CCC(=O)N23)c1. The van der Waals surface area contributed by atoms with Gasteiger partial charge in [0, 0.05) is 17.9 Å². The van der Waals surface area contributed by atoms with Gasteiger partial charge in [0.2, 0.25) is 11.8 Å². The molecule has 2 aromatic carbocycles. The number of anilines is 1. The highest BCUT2D eigenvalue weighted by atomic mass is 32.2. The quantitative estimate of drug-likeness (QED) is 0.783. The molecule has 2 heterocycles. The molecular formula is C22H22N2O4S. The number of fused-ring (bicyclic) bond motifs is 1. The van der Waals surface area contributed by atoms with Crippen LogP contribution in [-0.4, -0.2) is 41.6 Å². The van der Waals surface area contributed by atoms with Gasteiger partial charge in [0.15, 0.2) is 0 Å². The van der Waals surface area contributed by atoms with Crippen LogP contribution in [0.2, 0.25) is 0 Å². The zero-order valence-corrected chi connectivity index (χ0v) is 17.1. The van der Waals surface area contributed by atoms with Crippen LogP contribution in [0.1, 0.15) is 34.3 Å². The van der Waals surface area contributed by atoms with Crippen molar-refractivity contribution in [1.82, 2.24) is 4.90 Å². The second-order valence-corrected chi connectivity index (χ2v) is 8.55. The van der Waals surface area contributed by atoms with Gasteiger partial charge in [-0.15, -0.1) is 11.8 Å². The van der Waals surface area contributed by atoms with Crippen molar-refractivity contribution in [3.05, 3.63) is 65.2 Å². The first-order valence-electron chi connectivity index (χ1n) is 9.48. The van der Waals surface area contributed by atoms with Crippen LogP contribution in [0.15, 0.2) is 48.5 Å². The molecule has 7 heteroatoms. The number of nitrogens with one attached hydrogen (secondary N) is 1. The van der Waals surface area contributed by atoms with Crippen LogP contribution in [0.25, 0.3) is 0 Å². The lowest BCUT2D eigenvalue weighted by molar-refractivity contribution is -0.136. The molecular weight excluding hydrogens is 388 g/mol. The number of carbonyl (C=O) groups is 3. The molecule has 0 aliphatic carbocycles. The Hall–Kier alpha value is -2.80. The van der Waals surface area contributed by atoms with E-state index in [4.69, 9.17) is 4.74 Å². The number of aryl methyl sites for hydroxylation is 1. The van der Waals surface area contributed by atoms with Crippen LogP contribution in [0.3, 0.4) is 0 Å². The summed E-state index contributed by atoms with van der Waals surface area (Å²) in [7, 11) is 1.32. The van der Waals surface area contributed by atoms with Gasteiger partial charge in [0.1, 0.15) is 10.9 Å². The molecule has 4 rings (SSSR count). The third-order valence-corrected chi connectivity index (χ3v) is 7.17. The third kappa shape index (κ3) is 3.29. The number of esters is 1. The molecule has 150 valence electrons. The minimum Gasteiger partial charge on any atom is -0.465 e. The first kappa shape index (κ1) is 19.5. The highest BCUT2D eigenvalue weighted by Crippen LogP contribution is 2.54. The fraction of sp³-hybridized carbons (Fsp3) is 0.318. The van der Waals surface area contributed by atoms with E-state index in [1.165, 1.54) is 7.11 Å². The van der Waals surface area contributed by atoms with E-state index in [1.807, 2.05) is 37.3 Å². The van der Waals surface area contributed by atoms with Crippen molar-refractivity contribution in [3.63, 3.8) is 0 Å². The van der Waals surface area contributed by atoms with Crippen molar-refractivity contribution in [3.8, 4) is 0 Å². The van der Waals surface area contributed by atoms with Gasteiger partial charge in [0.25, 0.3) is 0 Å². The number of benzene rings is 2. The van der Waals surface area contributed by atoms with E-state index >= 15 is 0 Å². The summed E-state index contributed by atoms with van der Waals surface area (Å²) in [6, 6.07) is 14.4. The average Bonchev–Trinajstić information content (AvgIpc) is 3.29. The molecule has 6 nitrogen and oxygen atoms in total. The van der Waals surface area contributed by atoms with Crippen molar-refractivity contribution >= 4 is 35.2 Å². The Kier molecular flexibility index (Phi) is 5.08. The summed E-state index contributed by atoms with van der Waals surface area (Å²) in [5.41, 5.74) is 2.80. The Morgan fingerprint density at radius 2 is 1.97 bits per heavy atom. The minimum atomic E-state index is -0.559. The summed E-state index contributed by atoms with van der Waals surface area (Å²) in [5, 5.41) is 2.92. The van der Waals surface area contributed by atoms with E-state index < -0.39 is 16.9 Å². The molecule has 29 heavy (non-hydrogen) atoms. The van der Waals surface area contributed by atoms with Crippen molar-refractivity contribution < 1.29 is 19.1 Å². The Bertz CT molecular complexity index is 978. The van der Waals surface area contributed by atoms with Crippen LogP contribution in [-0.2, 0) is 19.2 Å². The fourth-order valence-corrected chi connectivity index (χ4v) is 5.70. The molecule has 0 unspecified atom stereocenters. The van der Waals surface area contributed by atoms with Crippen LogP contribution in [0.4, 0.5) is 5.69 Å². The normalized spacial score (nSPS) is 23.0. The third-order valence-electron chi connectivity index (χ3n) is 5.57. The Morgan fingerprint density at radius 3 is 2.69 bits per heavy atom. The maximum Gasteiger partial charge on any atom is 0.337 e. The maximum absolute atomic E-state index is 13.1. The first-order valence-corrected chi connectivity index (χ1v) is 10.5. The molecule has 0 spiro atoms. The second-order valence-electron chi connectivity index (χ2n) is 7.25. The molecule has 2 aliphatic rings. The smallest absolute Gasteiger partial charge is 0.337 e. The topological polar surface area (TPSA) is 75.7 Å². The van der Waals surface area contributed by atoms with Crippen LogP contribution in [0.5, 0.6) is 0 Å². The molecule has 2 amide bonds. The Balaban J connectivity index is 1.61. The molecule has 2 atom stereocenters. The zero-order valence-electron chi connectivity index (χ0n) is 16.3. The lowest BCUT2D eigenvalue weighted by Crippen LogP contribution is -2.48. The zero-order chi connectivity index (χ0) is 20.6. The van der Waals surface area contributed by atoms with E-state index in [9.17, 15) is 14.4 Å². The van der Waals surface area contributed by atoms with E-state index in [1.54, 1.807) is 34.9 Å². The van der Waals surface area contributed by atoms with Gasteiger partial charge in [-0.05, 0) is 36.6 Å². The number of carbonyl (C=O) groups excluding carboxylic acids is 3. The Labute approximate surface area is 173 Å². The second kappa shape index (κ2) is 7.55. The molecule has 0 radical (unpaired) electrons. The number of rotatable bonds is 4. The van der Waals surface area contributed by atoms with Crippen LogP contribution >= 0.6 is 11.8 Å². The predicted octanol–water partition coefficient (Wildman–Crippen LogP) is 3.31. The van der Waals surface area contributed by atoms with E-state index in [2.05, 4.69) is 5.32 Å². The van der Waals surface area contributed by atoms with E-state index in [0.717, 1.165) is 11.1 Å². The number of ether oxygens (including phenoxy) is 1. The number of hydrogen-bond donors (Lipinski definition) is 1. The van der Waals surface area contributed by atoms with Gasteiger partial charge in [-0.1, -0.05) is 36.4 Å². The molecule has 0 saturated carbocycles. The molecule has 0 aromatic heterocycles. The summed E-state index contributed by atoms with van der Waals surface area (Å²) >= 11 is 1.65. The molecule has 2 aromatic rings. The van der Waals surface area contributed by atoms with Gasteiger partial charge in [-0.25, -0.2) is 4.79 Å². The number of methoxy groups -OCH3 is 1. The lowest BCUT2D eigenvalue weighted by atomic mass is 10.0.